The molecule has 0 fully saturated rings. The van der Waals surface area contributed by atoms with Gasteiger partial charge in [0.05, 0.1) is 15.3 Å². The third-order valence-corrected chi connectivity index (χ3v) is 5.41. The normalized spacial score (nSPS) is 11.4. The molecule has 0 bridgehead atoms. The molecule has 3 rings (SSSR count). The number of fused-ring (bicyclic) bond motifs is 1. The minimum Gasteiger partial charge on any atom is -0.383 e. The predicted molar refractivity (Wildman–Crippen MR) is 103 cm³/mol. The lowest BCUT2D eigenvalue weighted by atomic mass is 10.1. The number of para-hydroxylation sites is 1. The minimum atomic E-state index is -3.73. The van der Waals surface area contributed by atoms with Crippen molar-refractivity contribution in [2.24, 2.45) is 0 Å². The average molecular weight is 386 g/mol. The SMILES string of the molecule is Cc1cc(NCCNS(=O)(=O)c2ccc([N+](=O)[O-])cc2)c2ccccc2n1. The van der Waals surface area contributed by atoms with Crippen LogP contribution in [0.2, 0.25) is 0 Å². The van der Waals surface area contributed by atoms with E-state index in [1.165, 1.54) is 24.3 Å². The van der Waals surface area contributed by atoms with Gasteiger partial charge in [0.2, 0.25) is 10.0 Å². The van der Waals surface area contributed by atoms with Crippen molar-refractivity contribution in [2.75, 3.05) is 18.4 Å². The van der Waals surface area contributed by atoms with Crippen molar-refractivity contribution >= 4 is 32.3 Å². The van der Waals surface area contributed by atoms with Gasteiger partial charge in [-0.25, -0.2) is 13.1 Å². The third-order valence-electron chi connectivity index (χ3n) is 3.93. The number of hydrogen-bond donors (Lipinski definition) is 2. The Balaban J connectivity index is 1.64. The monoisotopic (exact) mass is 386 g/mol. The molecule has 0 atom stereocenters. The second-order valence-electron chi connectivity index (χ2n) is 5.90. The number of nitrogens with zero attached hydrogens (tertiary/aromatic N) is 2. The molecule has 0 aliphatic carbocycles. The van der Waals surface area contributed by atoms with Gasteiger partial charge >= 0.3 is 0 Å². The number of anilines is 1. The Hall–Kier alpha value is -3.04. The molecule has 3 aromatic rings. The number of nitro benzene ring substituents is 1. The number of sulfonamides is 1. The fourth-order valence-corrected chi connectivity index (χ4v) is 3.70. The van der Waals surface area contributed by atoms with Crippen LogP contribution in [0.25, 0.3) is 10.9 Å². The van der Waals surface area contributed by atoms with E-state index in [4.69, 9.17) is 0 Å². The van der Waals surface area contributed by atoms with E-state index in [2.05, 4.69) is 15.0 Å². The first-order chi connectivity index (χ1) is 12.9. The maximum Gasteiger partial charge on any atom is 0.269 e. The molecule has 1 heterocycles. The van der Waals surface area contributed by atoms with Crippen molar-refractivity contribution in [1.82, 2.24) is 9.71 Å². The largest absolute Gasteiger partial charge is 0.383 e. The first-order valence-corrected chi connectivity index (χ1v) is 9.69. The maximum absolute atomic E-state index is 12.3. The number of pyridine rings is 1. The summed E-state index contributed by atoms with van der Waals surface area (Å²) in [6.07, 6.45) is 0. The van der Waals surface area contributed by atoms with Crippen molar-refractivity contribution in [2.45, 2.75) is 11.8 Å². The molecule has 1 aromatic heterocycles. The van der Waals surface area contributed by atoms with Crippen LogP contribution in [0.1, 0.15) is 5.69 Å². The van der Waals surface area contributed by atoms with Gasteiger partial charge in [-0.05, 0) is 31.2 Å². The predicted octanol–water partition coefficient (Wildman–Crippen LogP) is 2.84. The summed E-state index contributed by atoms with van der Waals surface area (Å²) < 4.78 is 27.0. The van der Waals surface area contributed by atoms with Gasteiger partial charge in [0.15, 0.2) is 0 Å². The number of aromatic nitrogens is 1. The van der Waals surface area contributed by atoms with Crippen LogP contribution in [0, 0.1) is 17.0 Å². The van der Waals surface area contributed by atoms with Gasteiger partial charge < -0.3 is 5.32 Å². The van der Waals surface area contributed by atoms with Gasteiger partial charge in [0, 0.05) is 42.0 Å². The van der Waals surface area contributed by atoms with Crippen molar-refractivity contribution in [1.29, 1.82) is 0 Å². The van der Waals surface area contributed by atoms with Crippen LogP contribution in [-0.2, 0) is 10.0 Å². The van der Waals surface area contributed by atoms with Crippen LogP contribution in [0.5, 0.6) is 0 Å². The van der Waals surface area contributed by atoms with Gasteiger partial charge in [-0.2, -0.15) is 0 Å². The number of benzene rings is 2. The van der Waals surface area contributed by atoms with Crippen molar-refractivity contribution in [3.8, 4) is 0 Å². The Labute approximate surface area is 156 Å². The van der Waals surface area contributed by atoms with Crippen LogP contribution in [0.4, 0.5) is 11.4 Å². The highest BCUT2D eigenvalue weighted by atomic mass is 32.2. The van der Waals surface area contributed by atoms with Crippen molar-refractivity contribution in [3.63, 3.8) is 0 Å². The van der Waals surface area contributed by atoms with E-state index >= 15 is 0 Å². The first kappa shape index (κ1) is 18.7. The Morgan fingerprint density at radius 3 is 2.48 bits per heavy atom. The number of rotatable bonds is 7. The topological polar surface area (TPSA) is 114 Å². The highest BCUT2D eigenvalue weighted by Gasteiger charge is 2.15. The Bertz CT molecular complexity index is 1080. The minimum absolute atomic E-state index is 0.0155. The Morgan fingerprint density at radius 1 is 1.07 bits per heavy atom. The number of non-ortho nitro benzene ring substituents is 1. The summed E-state index contributed by atoms with van der Waals surface area (Å²) in [4.78, 5) is 14.5. The molecule has 2 N–H and O–H groups in total. The number of nitro groups is 1. The lowest BCUT2D eigenvalue weighted by Gasteiger charge is -2.11. The maximum atomic E-state index is 12.3. The first-order valence-electron chi connectivity index (χ1n) is 8.21. The van der Waals surface area contributed by atoms with Crippen LogP contribution in [0.15, 0.2) is 59.5 Å². The van der Waals surface area contributed by atoms with Crippen molar-refractivity contribution < 1.29 is 13.3 Å². The summed E-state index contributed by atoms with van der Waals surface area (Å²) in [5.74, 6) is 0. The lowest BCUT2D eigenvalue weighted by molar-refractivity contribution is -0.384. The fraction of sp³-hybridized carbons (Fsp3) is 0.167. The Kier molecular flexibility index (Phi) is 5.33. The van der Waals surface area contributed by atoms with Crippen LogP contribution >= 0.6 is 0 Å². The highest BCUT2D eigenvalue weighted by Crippen LogP contribution is 2.22. The van der Waals surface area contributed by atoms with Gasteiger partial charge in [-0.3, -0.25) is 15.1 Å². The smallest absolute Gasteiger partial charge is 0.269 e. The highest BCUT2D eigenvalue weighted by molar-refractivity contribution is 7.89. The van der Waals surface area contributed by atoms with Gasteiger partial charge in [-0.15, -0.1) is 0 Å². The molecule has 0 spiro atoms. The molecular formula is C18H18N4O4S. The molecular weight excluding hydrogens is 368 g/mol. The van der Waals surface area contributed by atoms with Crippen LogP contribution in [0.3, 0.4) is 0 Å². The van der Waals surface area contributed by atoms with E-state index in [0.29, 0.717) is 6.54 Å². The number of aryl methyl sites for hydroxylation is 1. The molecule has 27 heavy (non-hydrogen) atoms. The van der Waals surface area contributed by atoms with Gasteiger partial charge in [0.25, 0.3) is 5.69 Å². The zero-order chi connectivity index (χ0) is 19.4. The van der Waals surface area contributed by atoms with Crippen LogP contribution in [-0.4, -0.2) is 31.4 Å². The second kappa shape index (κ2) is 7.68. The molecule has 0 aliphatic rings. The number of nitrogens with one attached hydrogen (secondary N) is 2. The fourth-order valence-electron chi connectivity index (χ4n) is 2.67. The summed E-state index contributed by atoms with van der Waals surface area (Å²) in [6, 6.07) is 14.4. The molecule has 0 amide bonds. The molecule has 2 aromatic carbocycles. The standard InChI is InChI=1S/C18H18N4O4S/c1-13-12-18(16-4-2-3-5-17(16)21-13)19-10-11-20-27(25,26)15-8-6-14(7-9-15)22(23)24/h2-9,12,20H,10-11H2,1H3,(H,19,21). The van der Waals surface area contributed by atoms with Gasteiger partial charge in [-0.1, -0.05) is 18.2 Å². The molecule has 0 unspecified atom stereocenters. The van der Waals surface area contributed by atoms with E-state index < -0.39 is 14.9 Å². The van der Waals surface area contributed by atoms with Crippen molar-refractivity contribution in [3.05, 3.63) is 70.4 Å². The summed E-state index contributed by atoms with van der Waals surface area (Å²) >= 11 is 0. The van der Waals surface area contributed by atoms with E-state index in [1.807, 2.05) is 37.3 Å². The molecule has 8 nitrogen and oxygen atoms in total. The van der Waals surface area contributed by atoms with E-state index in [1.54, 1.807) is 0 Å². The van der Waals surface area contributed by atoms with Gasteiger partial charge in [0.1, 0.15) is 0 Å². The molecule has 0 saturated carbocycles. The van der Waals surface area contributed by atoms with E-state index in [9.17, 15) is 18.5 Å². The third kappa shape index (κ3) is 4.39. The van der Waals surface area contributed by atoms with E-state index in [-0.39, 0.29) is 17.1 Å². The number of hydrogen-bond acceptors (Lipinski definition) is 6. The molecule has 0 saturated heterocycles. The summed E-state index contributed by atoms with van der Waals surface area (Å²) in [6.45, 7) is 2.43. The molecule has 140 valence electrons. The zero-order valence-electron chi connectivity index (χ0n) is 14.5. The second-order valence-corrected chi connectivity index (χ2v) is 7.67. The molecule has 0 aliphatic heterocycles. The lowest BCUT2D eigenvalue weighted by Crippen LogP contribution is -2.29. The van der Waals surface area contributed by atoms with Crippen LogP contribution < -0.4 is 10.0 Å². The summed E-state index contributed by atoms with van der Waals surface area (Å²) in [7, 11) is -3.73. The molecule has 9 heteroatoms. The Morgan fingerprint density at radius 2 is 1.78 bits per heavy atom. The average Bonchev–Trinajstić information content (AvgIpc) is 2.65. The zero-order valence-corrected chi connectivity index (χ0v) is 15.4. The molecule has 0 radical (unpaired) electrons. The van der Waals surface area contributed by atoms with E-state index in [0.717, 1.165) is 22.3 Å². The summed E-state index contributed by atoms with van der Waals surface area (Å²) in [5, 5.41) is 14.8. The summed E-state index contributed by atoms with van der Waals surface area (Å²) in [5.41, 5.74) is 2.46. The quantitative estimate of drug-likeness (QED) is 0.367.